The molecule has 5 nitrogen and oxygen atoms in total. The molecule has 5 heteroatoms. The van der Waals surface area contributed by atoms with Crippen LogP contribution in [-0.4, -0.2) is 46.2 Å². The highest BCUT2D eigenvalue weighted by atomic mass is 16.5. The largest absolute Gasteiger partial charge is 0.381 e. The van der Waals surface area contributed by atoms with Gasteiger partial charge in [-0.2, -0.15) is 0 Å². The van der Waals surface area contributed by atoms with E-state index in [2.05, 4.69) is 11.9 Å². The Hall–Kier alpha value is -1.36. The van der Waals surface area contributed by atoms with Gasteiger partial charge in [-0.3, -0.25) is 4.79 Å². The topological polar surface area (TPSA) is 47.4 Å². The van der Waals surface area contributed by atoms with Crippen LogP contribution < -0.4 is 0 Å². The molecule has 0 spiro atoms. The van der Waals surface area contributed by atoms with E-state index in [1.807, 2.05) is 16.5 Å². The van der Waals surface area contributed by atoms with Crippen molar-refractivity contribution in [2.24, 2.45) is 12.5 Å². The lowest BCUT2D eigenvalue weighted by Gasteiger charge is -2.42. The van der Waals surface area contributed by atoms with Crippen molar-refractivity contribution in [3.8, 4) is 0 Å². The third-order valence-corrected chi connectivity index (χ3v) is 5.08. The monoisotopic (exact) mass is 277 g/mol. The minimum atomic E-state index is 0.0789. The second-order valence-electron chi connectivity index (χ2n) is 6.48. The van der Waals surface area contributed by atoms with Crippen molar-refractivity contribution >= 4 is 5.91 Å². The lowest BCUT2D eigenvalue weighted by molar-refractivity contribution is -0.00286. The van der Waals surface area contributed by atoms with Crippen LogP contribution in [-0.2, 0) is 11.8 Å². The van der Waals surface area contributed by atoms with Gasteiger partial charge in [0.2, 0.25) is 0 Å². The number of nitrogens with zero attached hydrogens (tertiary/aromatic N) is 3. The van der Waals surface area contributed by atoms with Crippen molar-refractivity contribution in [2.75, 3.05) is 13.7 Å². The molecule has 1 aliphatic heterocycles. The van der Waals surface area contributed by atoms with E-state index in [1.54, 1.807) is 19.6 Å². The van der Waals surface area contributed by atoms with Gasteiger partial charge >= 0.3 is 0 Å². The zero-order chi connectivity index (χ0) is 14.3. The average molecular weight is 277 g/mol. The Labute approximate surface area is 119 Å². The van der Waals surface area contributed by atoms with Crippen molar-refractivity contribution in [1.82, 2.24) is 14.5 Å². The number of likely N-dealkylation sites (tertiary alicyclic amines) is 1. The molecule has 1 aliphatic carbocycles. The number of ether oxygens (including phenoxy) is 1. The van der Waals surface area contributed by atoms with E-state index in [-0.39, 0.29) is 11.3 Å². The van der Waals surface area contributed by atoms with Crippen LogP contribution in [0.5, 0.6) is 0 Å². The summed E-state index contributed by atoms with van der Waals surface area (Å²) >= 11 is 0. The van der Waals surface area contributed by atoms with Crippen LogP contribution in [0.3, 0.4) is 0 Å². The Balaban J connectivity index is 1.78. The normalized spacial score (nSPS) is 33.2. The number of imidazole rings is 1. The van der Waals surface area contributed by atoms with Gasteiger partial charge in [0.1, 0.15) is 5.69 Å². The van der Waals surface area contributed by atoms with Gasteiger partial charge in [0.15, 0.2) is 0 Å². The van der Waals surface area contributed by atoms with Crippen LogP contribution in [0.1, 0.15) is 43.1 Å². The second-order valence-corrected chi connectivity index (χ2v) is 6.48. The molecule has 1 saturated heterocycles. The molecular weight excluding hydrogens is 254 g/mol. The van der Waals surface area contributed by atoms with Crippen molar-refractivity contribution in [3.05, 3.63) is 18.2 Å². The first-order valence-corrected chi connectivity index (χ1v) is 7.35. The molecule has 3 rings (SSSR count). The Bertz CT molecular complexity index is 513. The molecule has 3 atom stereocenters. The average Bonchev–Trinajstić information content (AvgIpc) is 3.00. The minimum Gasteiger partial charge on any atom is -0.381 e. The standard InChI is InChI=1S/C15H23N3O2/c1-15-6-7-18(13(15)5-4-11(8-15)20-3)14(19)12-9-17(2)10-16-12/h9-11,13H,4-8H2,1-3H3/t11-,13-,15+/m1/s1. The summed E-state index contributed by atoms with van der Waals surface area (Å²) in [6, 6.07) is 0.336. The quantitative estimate of drug-likeness (QED) is 0.828. The first-order valence-electron chi connectivity index (χ1n) is 7.35. The molecule has 0 unspecified atom stereocenters. The van der Waals surface area contributed by atoms with Gasteiger partial charge in [0.25, 0.3) is 5.91 Å². The highest BCUT2D eigenvalue weighted by Crippen LogP contribution is 2.47. The minimum absolute atomic E-state index is 0.0789. The number of carbonyl (C=O) groups excluding carboxylic acids is 1. The number of hydrogen-bond acceptors (Lipinski definition) is 3. The number of fused-ring (bicyclic) bond motifs is 1. The predicted octanol–water partition coefficient (Wildman–Crippen LogP) is 1.84. The first-order chi connectivity index (χ1) is 9.53. The highest BCUT2D eigenvalue weighted by Gasteiger charge is 2.49. The molecule has 0 radical (unpaired) electrons. The zero-order valence-electron chi connectivity index (χ0n) is 12.5. The summed E-state index contributed by atoms with van der Waals surface area (Å²) in [4.78, 5) is 18.9. The summed E-state index contributed by atoms with van der Waals surface area (Å²) < 4.78 is 7.35. The summed E-state index contributed by atoms with van der Waals surface area (Å²) in [6.45, 7) is 3.14. The lowest BCUT2D eigenvalue weighted by Crippen LogP contribution is -2.46. The van der Waals surface area contributed by atoms with Crippen molar-refractivity contribution in [2.45, 2.75) is 44.8 Å². The van der Waals surface area contributed by atoms with Crippen LogP contribution in [0, 0.1) is 5.41 Å². The fraction of sp³-hybridized carbons (Fsp3) is 0.733. The van der Waals surface area contributed by atoms with E-state index >= 15 is 0 Å². The molecule has 1 amide bonds. The summed E-state index contributed by atoms with van der Waals surface area (Å²) in [7, 11) is 3.68. The molecule has 20 heavy (non-hydrogen) atoms. The van der Waals surface area contributed by atoms with Gasteiger partial charge < -0.3 is 14.2 Å². The summed E-state index contributed by atoms with van der Waals surface area (Å²) in [6.07, 6.45) is 8.04. The molecule has 2 aliphatic rings. The molecule has 1 aromatic rings. The van der Waals surface area contributed by atoms with Gasteiger partial charge in [-0.05, 0) is 31.1 Å². The van der Waals surface area contributed by atoms with Crippen LogP contribution in [0.25, 0.3) is 0 Å². The molecule has 0 bridgehead atoms. The van der Waals surface area contributed by atoms with Crippen molar-refractivity contribution in [1.29, 1.82) is 0 Å². The van der Waals surface area contributed by atoms with Crippen LogP contribution in [0.4, 0.5) is 0 Å². The van der Waals surface area contributed by atoms with Gasteiger partial charge in [-0.25, -0.2) is 4.98 Å². The predicted molar refractivity (Wildman–Crippen MR) is 75.4 cm³/mol. The zero-order valence-corrected chi connectivity index (χ0v) is 12.5. The Morgan fingerprint density at radius 1 is 1.50 bits per heavy atom. The fourth-order valence-corrected chi connectivity index (χ4v) is 3.90. The highest BCUT2D eigenvalue weighted by molar-refractivity contribution is 5.92. The van der Waals surface area contributed by atoms with E-state index in [9.17, 15) is 4.79 Å². The van der Waals surface area contributed by atoms with Crippen LogP contribution in [0.15, 0.2) is 12.5 Å². The fourth-order valence-electron chi connectivity index (χ4n) is 3.90. The number of aryl methyl sites for hydroxylation is 1. The maximum Gasteiger partial charge on any atom is 0.274 e. The van der Waals surface area contributed by atoms with Crippen molar-refractivity contribution in [3.63, 3.8) is 0 Å². The molecule has 0 aromatic carbocycles. The molecule has 110 valence electrons. The Morgan fingerprint density at radius 2 is 2.30 bits per heavy atom. The van der Waals surface area contributed by atoms with Gasteiger partial charge in [0, 0.05) is 32.9 Å². The number of methoxy groups -OCH3 is 1. The lowest BCUT2D eigenvalue weighted by atomic mass is 9.71. The molecule has 0 N–H and O–H groups in total. The maximum atomic E-state index is 12.6. The Morgan fingerprint density at radius 3 is 2.95 bits per heavy atom. The van der Waals surface area contributed by atoms with Gasteiger partial charge in [-0.1, -0.05) is 6.92 Å². The molecule has 2 fully saturated rings. The molecule has 1 saturated carbocycles. The van der Waals surface area contributed by atoms with E-state index in [0.29, 0.717) is 17.8 Å². The van der Waals surface area contributed by atoms with Crippen LogP contribution in [0.2, 0.25) is 0 Å². The van der Waals surface area contributed by atoms with E-state index in [0.717, 1.165) is 32.2 Å². The van der Waals surface area contributed by atoms with Gasteiger partial charge in [0.05, 0.1) is 12.4 Å². The summed E-state index contributed by atoms with van der Waals surface area (Å²) in [5.74, 6) is 0.0789. The first kappa shape index (κ1) is 13.6. The number of rotatable bonds is 2. The Kier molecular flexibility index (Phi) is 3.32. The third kappa shape index (κ3) is 2.14. The summed E-state index contributed by atoms with van der Waals surface area (Å²) in [5, 5.41) is 0. The van der Waals surface area contributed by atoms with Gasteiger partial charge in [-0.15, -0.1) is 0 Å². The second kappa shape index (κ2) is 4.88. The van der Waals surface area contributed by atoms with E-state index in [1.165, 1.54) is 0 Å². The summed E-state index contributed by atoms with van der Waals surface area (Å²) in [5.41, 5.74) is 0.759. The molecule has 1 aromatic heterocycles. The SMILES string of the molecule is CO[C@@H]1CC[C@H]2N(C(=O)c3cn(C)cn3)CC[C@@]2(C)C1. The maximum absolute atomic E-state index is 12.6. The van der Waals surface area contributed by atoms with E-state index in [4.69, 9.17) is 4.74 Å². The van der Waals surface area contributed by atoms with Crippen molar-refractivity contribution < 1.29 is 9.53 Å². The van der Waals surface area contributed by atoms with E-state index < -0.39 is 0 Å². The third-order valence-electron chi connectivity index (χ3n) is 5.08. The number of aromatic nitrogens is 2. The molecule has 2 heterocycles. The number of amides is 1. The van der Waals surface area contributed by atoms with Crippen LogP contribution >= 0.6 is 0 Å². The molecular formula is C15H23N3O2. The number of carbonyl (C=O) groups is 1. The smallest absolute Gasteiger partial charge is 0.274 e. The number of hydrogen-bond donors (Lipinski definition) is 0.